The molecule has 0 bridgehead atoms. The van der Waals surface area contributed by atoms with Gasteiger partial charge in [0.15, 0.2) is 0 Å². The van der Waals surface area contributed by atoms with Crippen LogP contribution >= 0.6 is 11.3 Å². The minimum absolute atomic E-state index is 0.0770. The molecule has 0 fully saturated rings. The van der Waals surface area contributed by atoms with Crippen LogP contribution in [0.1, 0.15) is 22.4 Å². The molecular weight excluding hydrogens is 370 g/mol. The SMILES string of the molecule is Cc1c(C=Cc2cn(-c3ccccc3)nc2-c2cccs2)n[nH]c(=O)c1C#N. The molecule has 4 aromatic rings. The highest BCUT2D eigenvalue weighted by molar-refractivity contribution is 7.13. The fourth-order valence-corrected chi connectivity index (χ4v) is 3.57. The first-order chi connectivity index (χ1) is 13.7. The molecule has 0 spiro atoms. The third kappa shape index (κ3) is 3.29. The number of thiophene rings is 1. The number of hydrogen-bond donors (Lipinski definition) is 1. The van der Waals surface area contributed by atoms with Crippen molar-refractivity contribution in [3.8, 4) is 22.3 Å². The lowest BCUT2D eigenvalue weighted by Crippen LogP contribution is -2.15. The van der Waals surface area contributed by atoms with Crippen molar-refractivity contribution in [2.24, 2.45) is 0 Å². The second-order valence-electron chi connectivity index (χ2n) is 6.07. The van der Waals surface area contributed by atoms with Crippen molar-refractivity contribution in [1.82, 2.24) is 20.0 Å². The molecule has 0 atom stereocenters. The van der Waals surface area contributed by atoms with Gasteiger partial charge in [0.25, 0.3) is 5.56 Å². The molecule has 136 valence electrons. The van der Waals surface area contributed by atoms with Gasteiger partial charge in [-0.3, -0.25) is 4.79 Å². The van der Waals surface area contributed by atoms with Crippen molar-refractivity contribution < 1.29 is 0 Å². The number of aromatic nitrogens is 4. The molecule has 0 unspecified atom stereocenters. The molecule has 0 saturated heterocycles. The van der Waals surface area contributed by atoms with E-state index in [1.165, 1.54) is 0 Å². The van der Waals surface area contributed by atoms with Gasteiger partial charge in [0.1, 0.15) is 17.3 Å². The monoisotopic (exact) mass is 385 g/mol. The third-order valence-electron chi connectivity index (χ3n) is 4.31. The average molecular weight is 385 g/mol. The molecule has 0 amide bonds. The van der Waals surface area contributed by atoms with Crippen molar-refractivity contribution in [2.75, 3.05) is 0 Å². The Hall–Kier alpha value is -3.76. The number of H-pyrrole nitrogens is 1. The number of para-hydroxylation sites is 1. The van der Waals surface area contributed by atoms with Crippen LogP contribution in [0.2, 0.25) is 0 Å². The zero-order valence-electron chi connectivity index (χ0n) is 15.0. The number of benzene rings is 1. The summed E-state index contributed by atoms with van der Waals surface area (Å²) in [5.74, 6) is 0. The summed E-state index contributed by atoms with van der Waals surface area (Å²) >= 11 is 1.62. The molecule has 0 aliphatic heterocycles. The molecule has 28 heavy (non-hydrogen) atoms. The van der Waals surface area contributed by atoms with Gasteiger partial charge in [-0.15, -0.1) is 11.3 Å². The van der Waals surface area contributed by atoms with Crippen molar-refractivity contribution in [1.29, 1.82) is 5.26 Å². The van der Waals surface area contributed by atoms with Crippen molar-refractivity contribution in [3.05, 3.63) is 86.8 Å². The van der Waals surface area contributed by atoms with Gasteiger partial charge in [-0.05, 0) is 48.2 Å². The van der Waals surface area contributed by atoms with E-state index in [1.807, 2.05) is 70.9 Å². The minimum Gasteiger partial charge on any atom is -0.267 e. The number of hydrogen-bond acceptors (Lipinski definition) is 5. The van der Waals surface area contributed by atoms with E-state index in [9.17, 15) is 10.1 Å². The molecule has 1 N–H and O–H groups in total. The van der Waals surface area contributed by atoms with Crippen LogP contribution in [0.15, 0.2) is 58.8 Å². The van der Waals surface area contributed by atoms with Gasteiger partial charge in [-0.1, -0.05) is 24.3 Å². The highest BCUT2D eigenvalue weighted by Crippen LogP contribution is 2.29. The molecule has 0 saturated carbocycles. The van der Waals surface area contributed by atoms with E-state index in [4.69, 9.17) is 5.10 Å². The molecule has 0 aliphatic carbocycles. The Labute approximate surface area is 165 Å². The van der Waals surface area contributed by atoms with E-state index in [1.54, 1.807) is 24.3 Å². The number of aromatic amines is 1. The van der Waals surface area contributed by atoms with E-state index < -0.39 is 5.56 Å². The average Bonchev–Trinajstić information content (AvgIpc) is 3.38. The Morgan fingerprint density at radius 2 is 2.00 bits per heavy atom. The first-order valence-electron chi connectivity index (χ1n) is 8.54. The number of rotatable bonds is 4. The zero-order chi connectivity index (χ0) is 19.5. The third-order valence-corrected chi connectivity index (χ3v) is 5.19. The van der Waals surface area contributed by atoms with Gasteiger partial charge >= 0.3 is 0 Å². The zero-order valence-corrected chi connectivity index (χ0v) is 15.8. The Morgan fingerprint density at radius 1 is 1.18 bits per heavy atom. The lowest BCUT2D eigenvalue weighted by molar-refractivity contribution is 0.885. The van der Waals surface area contributed by atoms with E-state index in [-0.39, 0.29) is 5.56 Å². The molecule has 3 heterocycles. The first-order valence-corrected chi connectivity index (χ1v) is 9.42. The maximum absolute atomic E-state index is 11.7. The second-order valence-corrected chi connectivity index (χ2v) is 7.02. The van der Waals surface area contributed by atoms with Crippen molar-refractivity contribution >= 4 is 23.5 Å². The molecule has 6 nitrogen and oxygen atoms in total. The molecule has 1 aromatic carbocycles. The van der Waals surface area contributed by atoms with Crippen LogP contribution in [0.4, 0.5) is 0 Å². The predicted octanol–water partition coefficient (Wildman–Crippen LogP) is 4.03. The van der Waals surface area contributed by atoms with Crippen LogP contribution in [0.25, 0.3) is 28.4 Å². The van der Waals surface area contributed by atoms with Crippen LogP contribution in [-0.2, 0) is 0 Å². The number of nitriles is 1. The molecule has 3 aromatic heterocycles. The van der Waals surface area contributed by atoms with E-state index in [0.29, 0.717) is 11.3 Å². The number of nitrogens with zero attached hydrogens (tertiary/aromatic N) is 4. The van der Waals surface area contributed by atoms with Crippen molar-refractivity contribution in [2.45, 2.75) is 6.92 Å². The Kier molecular flexibility index (Phi) is 4.70. The van der Waals surface area contributed by atoms with E-state index in [2.05, 4.69) is 10.2 Å². The largest absolute Gasteiger partial charge is 0.282 e. The summed E-state index contributed by atoms with van der Waals surface area (Å²) in [5.41, 5.74) is 3.43. The summed E-state index contributed by atoms with van der Waals surface area (Å²) in [6.45, 7) is 1.72. The van der Waals surface area contributed by atoms with Crippen molar-refractivity contribution in [3.63, 3.8) is 0 Å². The summed E-state index contributed by atoms with van der Waals surface area (Å²) < 4.78 is 1.84. The summed E-state index contributed by atoms with van der Waals surface area (Å²) in [6.07, 6.45) is 5.64. The molecule has 4 rings (SSSR count). The molecular formula is C21H15N5OS. The summed E-state index contributed by atoms with van der Waals surface area (Å²) in [4.78, 5) is 12.7. The summed E-state index contributed by atoms with van der Waals surface area (Å²) in [6, 6.07) is 15.8. The summed E-state index contributed by atoms with van der Waals surface area (Å²) in [5, 5.41) is 22.4. The molecule has 0 radical (unpaired) electrons. The van der Waals surface area contributed by atoms with Crippen LogP contribution in [0.5, 0.6) is 0 Å². The summed E-state index contributed by atoms with van der Waals surface area (Å²) in [7, 11) is 0. The molecule has 0 aliphatic rings. The van der Waals surface area contributed by atoms with E-state index >= 15 is 0 Å². The number of nitrogens with one attached hydrogen (secondary N) is 1. The fraction of sp³-hybridized carbons (Fsp3) is 0.0476. The van der Waals surface area contributed by atoms with Gasteiger partial charge < -0.3 is 0 Å². The van der Waals surface area contributed by atoms with Crippen LogP contribution in [-0.4, -0.2) is 20.0 Å². The standard InChI is InChI=1S/C21H15N5OS/c1-14-17(12-22)21(27)24-23-18(14)10-9-15-13-26(16-6-3-2-4-7-16)25-20(15)19-8-5-11-28-19/h2-11,13H,1H3,(H,24,27). The molecule has 7 heteroatoms. The maximum atomic E-state index is 11.7. The van der Waals surface area contributed by atoms with Crippen LogP contribution in [0.3, 0.4) is 0 Å². The van der Waals surface area contributed by atoms with Gasteiger partial charge in [-0.2, -0.15) is 15.5 Å². The highest BCUT2D eigenvalue weighted by atomic mass is 32.1. The Balaban J connectivity index is 1.80. The Bertz CT molecular complexity index is 1240. The van der Waals surface area contributed by atoms with Crippen LogP contribution < -0.4 is 5.56 Å². The van der Waals surface area contributed by atoms with Crippen LogP contribution in [0, 0.1) is 18.3 Å². The normalized spacial score (nSPS) is 11.0. The topological polar surface area (TPSA) is 87.4 Å². The highest BCUT2D eigenvalue weighted by Gasteiger charge is 2.12. The lowest BCUT2D eigenvalue weighted by Gasteiger charge is -2.00. The maximum Gasteiger partial charge on any atom is 0.282 e. The van der Waals surface area contributed by atoms with Gasteiger partial charge in [-0.25, -0.2) is 9.78 Å². The Morgan fingerprint density at radius 3 is 2.71 bits per heavy atom. The second kappa shape index (κ2) is 7.47. The smallest absolute Gasteiger partial charge is 0.267 e. The quantitative estimate of drug-likeness (QED) is 0.574. The lowest BCUT2D eigenvalue weighted by atomic mass is 10.1. The van der Waals surface area contributed by atoms with Gasteiger partial charge in [0.05, 0.1) is 16.3 Å². The minimum atomic E-state index is -0.478. The fourth-order valence-electron chi connectivity index (χ4n) is 2.84. The first kappa shape index (κ1) is 17.6. The van der Waals surface area contributed by atoms with Gasteiger partial charge in [0.2, 0.25) is 0 Å². The van der Waals surface area contributed by atoms with Gasteiger partial charge in [0, 0.05) is 11.8 Å². The van der Waals surface area contributed by atoms with E-state index in [0.717, 1.165) is 21.8 Å². The predicted molar refractivity (Wildman–Crippen MR) is 110 cm³/mol.